The summed E-state index contributed by atoms with van der Waals surface area (Å²) in [4.78, 5) is 13.7. The zero-order valence-electron chi connectivity index (χ0n) is 12.5. The molecule has 1 amide bonds. The molecular formula is C15H15N7O. The summed E-state index contributed by atoms with van der Waals surface area (Å²) in [6, 6.07) is 9.71. The first-order valence-corrected chi connectivity index (χ1v) is 7.22. The summed E-state index contributed by atoms with van der Waals surface area (Å²) in [7, 11) is 0. The van der Waals surface area contributed by atoms with Gasteiger partial charge in [-0.15, -0.1) is 10.2 Å². The van der Waals surface area contributed by atoms with Gasteiger partial charge in [-0.3, -0.25) is 4.79 Å². The van der Waals surface area contributed by atoms with Crippen LogP contribution in [0.15, 0.2) is 30.5 Å². The number of hydrogen-bond acceptors (Lipinski definition) is 6. The Balaban J connectivity index is 1.73. The molecule has 1 saturated heterocycles. The third kappa shape index (κ3) is 3.03. The molecule has 0 spiro atoms. The fraction of sp³-hybridized carbons (Fsp3) is 0.267. The number of carbonyl (C=O) groups excluding carboxylic acids is 1. The van der Waals surface area contributed by atoms with Crippen LogP contribution in [0.3, 0.4) is 0 Å². The molecule has 3 rings (SSSR count). The van der Waals surface area contributed by atoms with E-state index in [9.17, 15) is 4.79 Å². The van der Waals surface area contributed by atoms with Crippen molar-refractivity contribution >= 4 is 22.9 Å². The second-order valence-electron chi connectivity index (χ2n) is 5.25. The summed E-state index contributed by atoms with van der Waals surface area (Å²) in [6.45, 7) is 2.05. The van der Waals surface area contributed by atoms with Crippen molar-refractivity contribution < 1.29 is 4.79 Å². The highest BCUT2D eigenvalue weighted by Gasteiger charge is 2.28. The maximum atomic E-state index is 11.9. The molecule has 1 unspecified atom stereocenters. The normalized spacial score (nSPS) is 18.1. The fourth-order valence-electron chi connectivity index (χ4n) is 2.52. The van der Waals surface area contributed by atoms with Gasteiger partial charge in [0.05, 0.1) is 0 Å². The smallest absolute Gasteiger partial charge is 0.227 e. The minimum Gasteiger partial charge on any atom is -0.360 e. The van der Waals surface area contributed by atoms with Gasteiger partial charge < -0.3 is 10.2 Å². The number of rotatable bonds is 4. The van der Waals surface area contributed by atoms with Crippen LogP contribution >= 0.6 is 0 Å². The van der Waals surface area contributed by atoms with Crippen LogP contribution < -0.4 is 10.2 Å². The van der Waals surface area contributed by atoms with Crippen LogP contribution in [0.1, 0.15) is 25.6 Å². The first kappa shape index (κ1) is 14.7. The number of hydrogen-bond donors (Lipinski definition) is 2. The van der Waals surface area contributed by atoms with E-state index in [4.69, 9.17) is 5.26 Å². The number of nitriles is 1. The zero-order valence-corrected chi connectivity index (χ0v) is 12.5. The number of H-pyrrole nitrogens is 1. The number of tetrazole rings is 1. The highest BCUT2D eigenvalue weighted by molar-refractivity contribution is 5.96. The van der Waals surface area contributed by atoms with Gasteiger partial charge in [-0.25, -0.2) is 0 Å². The van der Waals surface area contributed by atoms with Crippen molar-refractivity contribution in [2.45, 2.75) is 25.8 Å². The van der Waals surface area contributed by atoms with E-state index in [1.165, 1.54) is 6.20 Å². The zero-order chi connectivity index (χ0) is 16.2. The summed E-state index contributed by atoms with van der Waals surface area (Å²) in [5, 5.41) is 25.4. The van der Waals surface area contributed by atoms with E-state index in [1.807, 2.05) is 42.2 Å². The van der Waals surface area contributed by atoms with Crippen molar-refractivity contribution in [3.63, 3.8) is 0 Å². The molecule has 0 saturated carbocycles. The topological polar surface area (TPSA) is 111 Å². The maximum Gasteiger partial charge on any atom is 0.227 e. The summed E-state index contributed by atoms with van der Waals surface area (Å²) >= 11 is 0. The Morgan fingerprint density at radius 2 is 2.26 bits per heavy atom. The number of aromatic amines is 1. The van der Waals surface area contributed by atoms with Gasteiger partial charge in [0, 0.05) is 30.0 Å². The summed E-state index contributed by atoms with van der Waals surface area (Å²) in [5.41, 5.74) is 1.95. The van der Waals surface area contributed by atoms with E-state index in [1.54, 1.807) is 0 Å². The van der Waals surface area contributed by atoms with Gasteiger partial charge >= 0.3 is 0 Å². The van der Waals surface area contributed by atoms with Gasteiger partial charge in [0.25, 0.3) is 0 Å². The lowest BCUT2D eigenvalue weighted by Crippen LogP contribution is -2.30. The number of anilines is 2. The molecule has 2 heterocycles. The average molecular weight is 309 g/mol. The Morgan fingerprint density at radius 3 is 2.83 bits per heavy atom. The third-order valence-electron chi connectivity index (χ3n) is 3.72. The molecule has 23 heavy (non-hydrogen) atoms. The molecule has 1 aromatic carbocycles. The first-order chi connectivity index (χ1) is 11.2. The molecular weight excluding hydrogens is 294 g/mol. The molecule has 1 atom stereocenters. The van der Waals surface area contributed by atoms with Gasteiger partial charge in [-0.05, 0) is 42.8 Å². The van der Waals surface area contributed by atoms with Crippen molar-refractivity contribution in [1.82, 2.24) is 20.6 Å². The molecule has 1 fully saturated rings. The lowest BCUT2D eigenvalue weighted by Gasteiger charge is -2.21. The number of aromatic nitrogens is 4. The number of nitrogens with one attached hydrogen (secondary N) is 2. The minimum atomic E-state index is 0.155. The molecule has 8 nitrogen and oxygen atoms in total. The van der Waals surface area contributed by atoms with Crippen molar-refractivity contribution in [3.05, 3.63) is 36.3 Å². The minimum absolute atomic E-state index is 0.155. The number of amides is 1. The average Bonchev–Trinajstić information content (AvgIpc) is 3.20. The highest BCUT2D eigenvalue weighted by atomic mass is 16.2. The molecule has 8 heteroatoms. The molecule has 1 aliphatic rings. The molecule has 116 valence electrons. The maximum absolute atomic E-state index is 11.9. The quantitative estimate of drug-likeness (QED) is 0.831. The number of carbonyl (C=O) groups is 1. The van der Waals surface area contributed by atoms with E-state index in [-0.39, 0.29) is 23.3 Å². The van der Waals surface area contributed by atoms with Gasteiger partial charge in [0.15, 0.2) is 0 Å². The van der Waals surface area contributed by atoms with Crippen LogP contribution in [0.25, 0.3) is 5.57 Å². The SMILES string of the molecule is CC1CCC(=O)N1c1ccc(NC=C(C#N)c2nn[nH]n2)cc1. The Hall–Kier alpha value is -3.21. The van der Waals surface area contributed by atoms with Gasteiger partial charge in [0.1, 0.15) is 11.6 Å². The lowest BCUT2D eigenvalue weighted by molar-refractivity contribution is -0.117. The van der Waals surface area contributed by atoms with E-state index in [0.717, 1.165) is 17.8 Å². The molecule has 0 bridgehead atoms. The standard InChI is InChI=1S/C15H15N7O/c1-10-2-7-14(23)22(10)13-5-3-12(4-6-13)17-9-11(8-16)15-18-20-21-19-15/h3-6,9-10,17H,2,7H2,1H3,(H,18,19,20,21). The predicted molar refractivity (Wildman–Crippen MR) is 84.0 cm³/mol. The van der Waals surface area contributed by atoms with E-state index in [2.05, 4.69) is 25.9 Å². The Morgan fingerprint density at radius 1 is 1.48 bits per heavy atom. The Kier molecular flexibility index (Phi) is 4.01. The van der Waals surface area contributed by atoms with Crippen LogP contribution in [0, 0.1) is 11.3 Å². The van der Waals surface area contributed by atoms with Crippen LogP contribution in [-0.4, -0.2) is 32.6 Å². The number of allylic oxidation sites excluding steroid dienone is 1. The summed E-state index contributed by atoms with van der Waals surface area (Å²) < 4.78 is 0. The molecule has 0 aliphatic carbocycles. The second-order valence-corrected chi connectivity index (χ2v) is 5.25. The Labute approximate surface area is 132 Å². The second kappa shape index (κ2) is 6.27. The monoisotopic (exact) mass is 309 g/mol. The highest BCUT2D eigenvalue weighted by Crippen LogP contribution is 2.27. The summed E-state index contributed by atoms with van der Waals surface area (Å²) in [5.74, 6) is 0.384. The van der Waals surface area contributed by atoms with Crippen LogP contribution in [-0.2, 0) is 4.79 Å². The van der Waals surface area contributed by atoms with Gasteiger partial charge in [0.2, 0.25) is 11.7 Å². The van der Waals surface area contributed by atoms with Crippen LogP contribution in [0.2, 0.25) is 0 Å². The van der Waals surface area contributed by atoms with Gasteiger partial charge in [-0.2, -0.15) is 10.5 Å². The largest absolute Gasteiger partial charge is 0.360 e. The van der Waals surface area contributed by atoms with E-state index < -0.39 is 0 Å². The first-order valence-electron chi connectivity index (χ1n) is 7.22. The predicted octanol–water partition coefficient (Wildman–Crippen LogP) is 1.69. The molecule has 2 N–H and O–H groups in total. The molecule has 2 aromatic rings. The van der Waals surface area contributed by atoms with Crippen LogP contribution in [0.5, 0.6) is 0 Å². The van der Waals surface area contributed by atoms with Crippen molar-refractivity contribution in [3.8, 4) is 6.07 Å². The molecule has 1 aliphatic heterocycles. The van der Waals surface area contributed by atoms with Crippen molar-refractivity contribution in [2.75, 3.05) is 10.2 Å². The summed E-state index contributed by atoms with van der Waals surface area (Å²) in [6.07, 6.45) is 3.00. The van der Waals surface area contributed by atoms with E-state index in [0.29, 0.717) is 6.42 Å². The molecule has 1 aromatic heterocycles. The number of benzene rings is 1. The number of nitrogens with zero attached hydrogens (tertiary/aromatic N) is 5. The lowest BCUT2D eigenvalue weighted by atomic mass is 10.2. The molecule has 0 radical (unpaired) electrons. The van der Waals surface area contributed by atoms with Crippen molar-refractivity contribution in [2.24, 2.45) is 0 Å². The van der Waals surface area contributed by atoms with Crippen molar-refractivity contribution in [1.29, 1.82) is 5.26 Å². The fourth-order valence-corrected chi connectivity index (χ4v) is 2.52. The van der Waals surface area contributed by atoms with Crippen LogP contribution in [0.4, 0.5) is 11.4 Å². The Bertz CT molecular complexity index is 758. The van der Waals surface area contributed by atoms with E-state index >= 15 is 0 Å². The third-order valence-corrected chi connectivity index (χ3v) is 3.72. The van der Waals surface area contributed by atoms with Gasteiger partial charge in [-0.1, -0.05) is 0 Å².